The highest BCUT2D eigenvalue weighted by Crippen LogP contribution is 2.26. The summed E-state index contributed by atoms with van der Waals surface area (Å²) in [4.78, 5) is 18.0. The lowest BCUT2D eigenvalue weighted by atomic mass is 9.95. The Bertz CT molecular complexity index is 392. The van der Waals surface area contributed by atoms with Crippen molar-refractivity contribution in [3.63, 3.8) is 0 Å². The van der Waals surface area contributed by atoms with Crippen molar-refractivity contribution in [1.29, 1.82) is 0 Å². The molecule has 0 radical (unpaired) electrons. The first-order chi connectivity index (χ1) is 8.08. The van der Waals surface area contributed by atoms with Crippen LogP contribution in [0.5, 0.6) is 0 Å². The SMILES string of the molecule is Cc1nc(C2CCN(C(=O)C(C)C)CC2)no1. The molecule has 0 bridgehead atoms. The molecule has 0 spiro atoms. The average Bonchev–Trinajstić information content (AvgIpc) is 2.75. The van der Waals surface area contributed by atoms with Crippen molar-refractivity contribution in [3.05, 3.63) is 11.7 Å². The van der Waals surface area contributed by atoms with E-state index in [-0.39, 0.29) is 11.8 Å². The summed E-state index contributed by atoms with van der Waals surface area (Å²) in [6.07, 6.45) is 1.86. The van der Waals surface area contributed by atoms with Crippen molar-refractivity contribution in [2.24, 2.45) is 5.92 Å². The fourth-order valence-corrected chi connectivity index (χ4v) is 2.20. The number of likely N-dealkylation sites (tertiary alicyclic amines) is 1. The van der Waals surface area contributed by atoms with Crippen LogP contribution in [-0.4, -0.2) is 34.0 Å². The monoisotopic (exact) mass is 237 g/mol. The first kappa shape index (κ1) is 12.1. The number of amides is 1. The molecule has 0 atom stereocenters. The molecule has 1 saturated heterocycles. The number of piperidine rings is 1. The molecular weight excluding hydrogens is 218 g/mol. The molecule has 1 amide bonds. The van der Waals surface area contributed by atoms with E-state index in [1.54, 1.807) is 6.92 Å². The lowest BCUT2D eigenvalue weighted by Gasteiger charge is -2.31. The van der Waals surface area contributed by atoms with Crippen LogP contribution in [0.3, 0.4) is 0 Å². The van der Waals surface area contributed by atoms with Gasteiger partial charge in [0.05, 0.1) is 0 Å². The quantitative estimate of drug-likeness (QED) is 0.786. The van der Waals surface area contributed by atoms with Gasteiger partial charge in [-0.3, -0.25) is 4.79 Å². The van der Waals surface area contributed by atoms with Crippen LogP contribution in [0.2, 0.25) is 0 Å². The first-order valence-corrected chi connectivity index (χ1v) is 6.17. The molecule has 0 saturated carbocycles. The van der Waals surface area contributed by atoms with Crippen LogP contribution in [-0.2, 0) is 4.79 Å². The maximum atomic E-state index is 11.8. The number of hydrogen-bond acceptors (Lipinski definition) is 4. The fourth-order valence-electron chi connectivity index (χ4n) is 2.20. The van der Waals surface area contributed by atoms with Gasteiger partial charge in [0, 0.05) is 31.8 Å². The molecule has 0 aromatic carbocycles. The lowest BCUT2D eigenvalue weighted by molar-refractivity contribution is -0.135. The molecule has 0 aliphatic carbocycles. The molecule has 94 valence electrons. The molecular formula is C12H19N3O2. The van der Waals surface area contributed by atoms with Gasteiger partial charge in [0.1, 0.15) is 0 Å². The molecule has 1 fully saturated rings. The third kappa shape index (κ3) is 2.65. The van der Waals surface area contributed by atoms with Crippen LogP contribution in [0.4, 0.5) is 0 Å². The van der Waals surface area contributed by atoms with E-state index in [1.165, 1.54) is 0 Å². The van der Waals surface area contributed by atoms with Gasteiger partial charge in [0.25, 0.3) is 0 Å². The van der Waals surface area contributed by atoms with Crippen molar-refractivity contribution in [2.75, 3.05) is 13.1 Å². The fraction of sp³-hybridized carbons (Fsp3) is 0.750. The minimum absolute atomic E-state index is 0.0824. The maximum Gasteiger partial charge on any atom is 0.225 e. The van der Waals surface area contributed by atoms with E-state index >= 15 is 0 Å². The predicted molar refractivity (Wildman–Crippen MR) is 62.4 cm³/mol. The van der Waals surface area contributed by atoms with Gasteiger partial charge < -0.3 is 9.42 Å². The van der Waals surface area contributed by atoms with E-state index in [0.29, 0.717) is 11.8 Å². The topological polar surface area (TPSA) is 59.2 Å². The number of carbonyl (C=O) groups is 1. The third-order valence-electron chi connectivity index (χ3n) is 3.21. The van der Waals surface area contributed by atoms with E-state index < -0.39 is 0 Å². The van der Waals surface area contributed by atoms with Crippen LogP contribution < -0.4 is 0 Å². The van der Waals surface area contributed by atoms with Crippen LogP contribution >= 0.6 is 0 Å². The Kier molecular flexibility index (Phi) is 3.45. The number of carbonyl (C=O) groups excluding carboxylic acids is 1. The van der Waals surface area contributed by atoms with E-state index in [9.17, 15) is 4.79 Å². The standard InChI is InChI=1S/C12H19N3O2/c1-8(2)12(16)15-6-4-10(5-7-15)11-13-9(3)17-14-11/h8,10H,4-7H2,1-3H3. The minimum Gasteiger partial charge on any atom is -0.342 e. The summed E-state index contributed by atoms with van der Waals surface area (Å²) in [6, 6.07) is 0. The van der Waals surface area contributed by atoms with E-state index in [2.05, 4.69) is 10.1 Å². The molecule has 2 rings (SSSR count). The zero-order valence-corrected chi connectivity index (χ0v) is 10.6. The molecule has 5 nitrogen and oxygen atoms in total. The Balaban J connectivity index is 1.92. The second kappa shape index (κ2) is 4.85. The van der Waals surface area contributed by atoms with Crippen molar-refractivity contribution >= 4 is 5.91 Å². The smallest absolute Gasteiger partial charge is 0.225 e. The van der Waals surface area contributed by atoms with E-state index in [1.807, 2.05) is 18.7 Å². The highest BCUT2D eigenvalue weighted by Gasteiger charge is 2.27. The van der Waals surface area contributed by atoms with Crippen molar-refractivity contribution in [1.82, 2.24) is 15.0 Å². The van der Waals surface area contributed by atoms with E-state index in [0.717, 1.165) is 31.8 Å². The largest absolute Gasteiger partial charge is 0.342 e. The molecule has 0 unspecified atom stereocenters. The summed E-state index contributed by atoms with van der Waals surface area (Å²) in [5.74, 6) is 2.07. The summed E-state index contributed by atoms with van der Waals surface area (Å²) in [5.41, 5.74) is 0. The molecule has 1 aliphatic heterocycles. The Labute approximate surface area is 101 Å². The average molecular weight is 237 g/mol. The third-order valence-corrected chi connectivity index (χ3v) is 3.21. The van der Waals surface area contributed by atoms with Gasteiger partial charge in [-0.2, -0.15) is 4.98 Å². The van der Waals surface area contributed by atoms with Crippen LogP contribution in [0.15, 0.2) is 4.52 Å². The van der Waals surface area contributed by atoms with Gasteiger partial charge in [-0.15, -0.1) is 0 Å². The molecule has 2 heterocycles. The lowest BCUT2D eigenvalue weighted by Crippen LogP contribution is -2.40. The predicted octanol–water partition coefficient (Wildman–Crippen LogP) is 1.74. The van der Waals surface area contributed by atoms with E-state index in [4.69, 9.17) is 4.52 Å². The Morgan fingerprint density at radius 3 is 2.53 bits per heavy atom. The Hall–Kier alpha value is -1.39. The van der Waals surface area contributed by atoms with Crippen molar-refractivity contribution < 1.29 is 9.32 Å². The van der Waals surface area contributed by atoms with Crippen molar-refractivity contribution in [3.8, 4) is 0 Å². The maximum absolute atomic E-state index is 11.8. The van der Waals surface area contributed by atoms with Crippen LogP contribution in [0.25, 0.3) is 0 Å². The minimum atomic E-state index is 0.0824. The molecule has 0 N–H and O–H groups in total. The summed E-state index contributed by atoms with van der Waals surface area (Å²) >= 11 is 0. The van der Waals surface area contributed by atoms with Crippen molar-refractivity contribution in [2.45, 2.75) is 39.5 Å². The molecule has 1 aliphatic rings. The summed E-state index contributed by atoms with van der Waals surface area (Å²) < 4.78 is 4.99. The second-order valence-corrected chi connectivity index (χ2v) is 4.93. The van der Waals surface area contributed by atoms with Gasteiger partial charge in [0.15, 0.2) is 5.82 Å². The number of aryl methyl sites for hydroxylation is 1. The zero-order chi connectivity index (χ0) is 12.4. The first-order valence-electron chi connectivity index (χ1n) is 6.17. The number of rotatable bonds is 2. The van der Waals surface area contributed by atoms with Gasteiger partial charge in [-0.25, -0.2) is 0 Å². The highest BCUT2D eigenvalue weighted by molar-refractivity contribution is 5.78. The summed E-state index contributed by atoms with van der Waals surface area (Å²) in [5, 5.41) is 3.95. The normalized spacial score (nSPS) is 17.8. The van der Waals surface area contributed by atoms with Crippen LogP contribution in [0, 0.1) is 12.8 Å². The van der Waals surface area contributed by atoms with Crippen LogP contribution in [0.1, 0.15) is 44.3 Å². The van der Waals surface area contributed by atoms with Gasteiger partial charge in [0.2, 0.25) is 11.8 Å². The number of nitrogens with zero attached hydrogens (tertiary/aromatic N) is 3. The summed E-state index contributed by atoms with van der Waals surface area (Å²) in [6.45, 7) is 7.28. The Morgan fingerprint density at radius 1 is 1.41 bits per heavy atom. The van der Waals surface area contributed by atoms with Gasteiger partial charge in [-0.05, 0) is 12.8 Å². The molecule has 1 aromatic rings. The molecule has 5 heteroatoms. The number of hydrogen-bond donors (Lipinski definition) is 0. The second-order valence-electron chi connectivity index (χ2n) is 4.93. The molecule has 17 heavy (non-hydrogen) atoms. The zero-order valence-electron chi connectivity index (χ0n) is 10.6. The van der Waals surface area contributed by atoms with Gasteiger partial charge >= 0.3 is 0 Å². The summed E-state index contributed by atoms with van der Waals surface area (Å²) in [7, 11) is 0. The molecule has 1 aromatic heterocycles. The van der Waals surface area contributed by atoms with Gasteiger partial charge in [-0.1, -0.05) is 19.0 Å². The Morgan fingerprint density at radius 2 is 2.06 bits per heavy atom. The highest BCUT2D eigenvalue weighted by atomic mass is 16.5. The number of aromatic nitrogens is 2.